The number of benzene rings is 2. The molecule has 1 heterocycles. The van der Waals surface area contributed by atoms with Gasteiger partial charge >= 0.3 is 0 Å². The summed E-state index contributed by atoms with van der Waals surface area (Å²) < 4.78 is 0. The summed E-state index contributed by atoms with van der Waals surface area (Å²) in [5, 5.41) is 10.5. The van der Waals surface area contributed by atoms with Crippen molar-refractivity contribution >= 4 is 23.3 Å². The SMILES string of the molecule is CC(C)(C)c1cc(N)c(O)c(N2CCN=Cc3ccccc32)c1. The average molecular weight is 309 g/mol. The highest BCUT2D eigenvalue weighted by Gasteiger charge is 2.23. The van der Waals surface area contributed by atoms with E-state index >= 15 is 0 Å². The number of nitrogens with zero attached hydrogens (tertiary/aromatic N) is 2. The number of nitrogens with two attached hydrogens (primary N) is 1. The van der Waals surface area contributed by atoms with E-state index in [1.807, 2.05) is 42.6 Å². The van der Waals surface area contributed by atoms with Gasteiger partial charge < -0.3 is 15.7 Å². The largest absolute Gasteiger partial charge is 0.504 e. The number of para-hydroxylation sites is 1. The zero-order valence-corrected chi connectivity index (χ0v) is 13.9. The van der Waals surface area contributed by atoms with E-state index in [-0.39, 0.29) is 11.2 Å². The average Bonchev–Trinajstić information content (AvgIpc) is 2.71. The molecule has 0 amide bonds. The van der Waals surface area contributed by atoms with Gasteiger partial charge in [0.05, 0.1) is 23.6 Å². The van der Waals surface area contributed by atoms with Gasteiger partial charge in [-0.3, -0.25) is 4.99 Å². The molecule has 2 aromatic rings. The maximum absolute atomic E-state index is 10.5. The second-order valence-corrected chi connectivity index (χ2v) is 6.93. The molecule has 1 aliphatic heterocycles. The van der Waals surface area contributed by atoms with Crippen LogP contribution in [0.25, 0.3) is 0 Å². The maximum Gasteiger partial charge on any atom is 0.162 e. The summed E-state index contributed by atoms with van der Waals surface area (Å²) in [7, 11) is 0. The predicted molar refractivity (Wildman–Crippen MR) is 97.1 cm³/mol. The lowest BCUT2D eigenvalue weighted by Gasteiger charge is -2.28. The third-order valence-electron chi connectivity index (χ3n) is 4.19. The highest BCUT2D eigenvalue weighted by molar-refractivity contribution is 5.91. The summed E-state index contributed by atoms with van der Waals surface area (Å²) in [6.45, 7) is 7.80. The Morgan fingerprint density at radius 3 is 2.61 bits per heavy atom. The van der Waals surface area contributed by atoms with Crippen molar-refractivity contribution in [3.05, 3.63) is 47.5 Å². The van der Waals surface area contributed by atoms with Gasteiger partial charge in [-0.15, -0.1) is 0 Å². The quantitative estimate of drug-likeness (QED) is 0.621. The highest BCUT2D eigenvalue weighted by Crippen LogP contribution is 2.41. The van der Waals surface area contributed by atoms with E-state index in [1.165, 1.54) is 0 Å². The number of aliphatic imine (C=N–C) groups is 1. The molecule has 0 saturated carbocycles. The van der Waals surface area contributed by atoms with Crippen molar-refractivity contribution in [2.75, 3.05) is 23.7 Å². The zero-order valence-electron chi connectivity index (χ0n) is 13.9. The smallest absolute Gasteiger partial charge is 0.162 e. The lowest BCUT2D eigenvalue weighted by atomic mass is 9.86. The molecule has 0 saturated heterocycles. The number of hydrogen-bond acceptors (Lipinski definition) is 4. The molecule has 4 nitrogen and oxygen atoms in total. The molecule has 1 aliphatic rings. The number of rotatable bonds is 1. The molecule has 120 valence electrons. The predicted octanol–water partition coefficient (Wildman–Crippen LogP) is 3.84. The van der Waals surface area contributed by atoms with E-state index in [4.69, 9.17) is 5.73 Å². The van der Waals surface area contributed by atoms with Crippen LogP contribution >= 0.6 is 0 Å². The fourth-order valence-corrected chi connectivity index (χ4v) is 2.81. The van der Waals surface area contributed by atoms with Gasteiger partial charge in [-0.2, -0.15) is 0 Å². The Balaban J connectivity index is 2.18. The molecule has 0 spiro atoms. The Kier molecular flexibility index (Phi) is 3.76. The molecule has 0 atom stereocenters. The molecule has 0 radical (unpaired) electrons. The van der Waals surface area contributed by atoms with Crippen molar-refractivity contribution in [3.8, 4) is 5.75 Å². The molecular weight excluding hydrogens is 286 g/mol. The van der Waals surface area contributed by atoms with Crippen molar-refractivity contribution in [2.45, 2.75) is 26.2 Å². The van der Waals surface area contributed by atoms with Gasteiger partial charge in [-0.1, -0.05) is 39.0 Å². The molecule has 23 heavy (non-hydrogen) atoms. The number of aromatic hydroxyl groups is 1. The fraction of sp³-hybridized carbons (Fsp3) is 0.316. The van der Waals surface area contributed by atoms with Crippen LogP contribution in [0.4, 0.5) is 17.1 Å². The van der Waals surface area contributed by atoms with Crippen molar-refractivity contribution in [1.82, 2.24) is 0 Å². The van der Waals surface area contributed by atoms with Gasteiger partial charge in [-0.25, -0.2) is 0 Å². The van der Waals surface area contributed by atoms with Crippen LogP contribution in [0.3, 0.4) is 0 Å². The van der Waals surface area contributed by atoms with Crippen LogP contribution in [0.5, 0.6) is 5.75 Å². The first-order valence-electron chi connectivity index (χ1n) is 7.87. The third kappa shape index (κ3) is 2.89. The van der Waals surface area contributed by atoms with Crippen LogP contribution in [0, 0.1) is 0 Å². The topological polar surface area (TPSA) is 61.9 Å². The Morgan fingerprint density at radius 2 is 1.87 bits per heavy atom. The van der Waals surface area contributed by atoms with E-state index in [1.54, 1.807) is 0 Å². The summed E-state index contributed by atoms with van der Waals surface area (Å²) in [4.78, 5) is 6.53. The van der Waals surface area contributed by atoms with Gasteiger partial charge in [0.25, 0.3) is 0 Å². The summed E-state index contributed by atoms with van der Waals surface area (Å²) in [5.41, 5.74) is 10.4. The monoisotopic (exact) mass is 309 g/mol. The summed E-state index contributed by atoms with van der Waals surface area (Å²) in [6, 6.07) is 12.0. The second kappa shape index (κ2) is 5.61. The molecular formula is C19H23N3O. The first kappa shape index (κ1) is 15.4. The van der Waals surface area contributed by atoms with E-state index in [0.717, 1.165) is 22.5 Å². The number of hydrogen-bond donors (Lipinski definition) is 2. The summed E-state index contributed by atoms with van der Waals surface area (Å²) in [6.07, 6.45) is 1.89. The minimum Gasteiger partial charge on any atom is -0.504 e. The number of anilines is 3. The van der Waals surface area contributed by atoms with Gasteiger partial charge in [0.2, 0.25) is 0 Å². The standard InChI is InChI=1S/C19H23N3O/c1-19(2,3)14-10-15(20)18(23)17(11-14)22-9-8-21-12-13-6-4-5-7-16(13)22/h4-7,10-12,23H,8-9,20H2,1-3H3. The van der Waals surface area contributed by atoms with Crippen LogP contribution in [0.1, 0.15) is 31.9 Å². The van der Waals surface area contributed by atoms with Gasteiger partial charge in [0.1, 0.15) is 0 Å². The number of phenolic OH excluding ortho intramolecular Hbond substituents is 1. The summed E-state index contributed by atoms with van der Waals surface area (Å²) >= 11 is 0. The Hall–Kier alpha value is -2.49. The normalized spacial score (nSPS) is 14.5. The van der Waals surface area contributed by atoms with Crippen LogP contribution in [-0.2, 0) is 5.41 Å². The van der Waals surface area contributed by atoms with Crippen LogP contribution < -0.4 is 10.6 Å². The second-order valence-electron chi connectivity index (χ2n) is 6.93. The van der Waals surface area contributed by atoms with Crippen molar-refractivity contribution < 1.29 is 5.11 Å². The van der Waals surface area contributed by atoms with Gasteiger partial charge in [0, 0.05) is 18.3 Å². The van der Waals surface area contributed by atoms with Crippen molar-refractivity contribution in [2.24, 2.45) is 4.99 Å². The van der Waals surface area contributed by atoms with Gasteiger partial charge in [-0.05, 0) is 29.2 Å². The van der Waals surface area contributed by atoms with Gasteiger partial charge in [0.15, 0.2) is 5.75 Å². The molecule has 0 unspecified atom stereocenters. The number of benzodiazepines with no additional fused rings is 1. The van der Waals surface area contributed by atoms with Crippen molar-refractivity contribution in [3.63, 3.8) is 0 Å². The fourth-order valence-electron chi connectivity index (χ4n) is 2.81. The molecule has 0 fully saturated rings. The maximum atomic E-state index is 10.5. The van der Waals surface area contributed by atoms with Crippen molar-refractivity contribution in [1.29, 1.82) is 0 Å². The zero-order chi connectivity index (χ0) is 16.6. The van der Waals surface area contributed by atoms with E-state index in [2.05, 4.69) is 30.7 Å². The lowest BCUT2D eigenvalue weighted by Crippen LogP contribution is -2.22. The Labute approximate surface area is 137 Å². The van der Waals surface area contributed by atoms with E-state index in [9.17, 15) is 5.11 Å². The molecule has 3 rings (SSSR count). The Morgan fingerprint density at radius 1 is 1.13 bits per heavy atom. The highest BCUT2D eigenvalue weighted by atomic mass is 16.3. The first-order valence-corrected chi connectivity index (χ1v) is 7.87. The minimum atomic E-state index is -0.0432. The molecule has 0 bridgehead atoms. The van der Waals surface area contributed by atoms with Crippen LogP contribution in [0.2, 0.25) is 0 Å². The number of fused-ring (bicyclic) bond motifs is 1. The third-order valence-corrected chi connectivity index (χ3v) is 4.19. The lowest BCUT2D eigenvalue weighted by molar-refractivity contribution is 0.477. The van der Waals surface area contributed by atoms with Crippen LogP contribution in [0.15, 0.2) is 41.4 Å². The van der Waals surface area contributed by atoms with E-state index < -0.39 is 0 Å². The molecule has 4 heteroatoms. The molecule has 0 aliphatic carbocycles. The number of phenols is 1. The summed E-state index contributed by atoms with van der Waals surface area (Å²) in [5.74, 6) is 0.134. The van der Waals surface area contributed by atoms with Crippen LogP contribution in [-0.4, -0.2) is 24.4 Å². The molecule has 2 aromatic carbocycles. The van der Waals surface area contributed by atoms with E-state index in [0.29, 0.717) is 18.8 Å². The molecule has 3 N–H and O–H groups in total. The minimum absolute atomic E-state index is 0.0432. The molecule has 0 aromatic heterocycles. The Bertz CT molecular complexity index is 760. The first-order chi connectivity index (χ1) is 10.9. The number of nitrogen functional groups attached to an aromatic ring is 1.